The van der Waals surface area contributed by atoms with Crippen LogP contribution in [0.4, 0.5) is 4.39 Å². The Morgan fingerprint density at radius 1 is 1.52 bits per heavy atom. The van der Waals surface area contributed by atoms with E-state index in [0.29, 0.717) is 23.7 Å². The predicted octanol–water partition coefficient (Wildman–Crippen LogP) is 2.56. The van der Waals surface area contributed by atoms with Gasteiger partial charge in [0.05, 0.1) is 6.54 Å². The molecule has 1 aliphatic rings. The summed E-state index contributed by atoms with van der Waals surface area (Å²) in [6.07, 6.45) is 2.37. The molecule has 1 saturated carbocycles. The number of aryl methyl sites for hydroxylation is 1. The number of benzene rings is 1. The van der Waals surface area contributed by atoms with Gasteiger partial charge >= 0.3 is 0 Å². The molecule has 1 aromatic carbocycles. The molecule has 2 aromatic rings. The summed E-state index contributed by atoms with van der Waals surface area (Å²) in [5.41, 5.74) is 0.591. The van der Waals surface area contributed by atoms with Crippen LogP contribution in [-0.2, 0) is 13.6 Å². The van der Waals surface area contributed by atoms with Gasteiger partial charge in [0.2, 0.25) is 0 Å². The van der Waals surface area contributed by atoms with Gasteiger partial charge in [0, 0.05) is 43.2 Å². The third kappa shape index (κ3) is 3.92. The fraction of sp³-hybridized carbons (Fsp3) is 0.471. The molecule has 8 heteroatoms. The van der Waals surface area contributed by atoms with E-state index in [9.17, 15) is 4.39 Å². The van der Waals surface area contributed by atoms with Crippen molar-refractivity contribution in [2.24, 2.45) is 12.0 Å². The van der Waals surface area contributed by atoms with Gasteiger partial charge in [-0.05, 0) is 25.5 Å². The van der Waals surface area contributed by atoms with Crippen molar-refractivity contribution in [3.05, 3.63) is 46.8 Å². The van der Waals surface area contributed by atoms with Gasteiger partial charge in [-0.1, -0.05) is 17.7 Å². The van der Waals surface area contributed by atoms with Crippen molar-refractivity contribution in [1.29, 1.82) is 0 Å². The molecule has 1 aliphatic carbocycles. The lowest BCUT2D eigenvalue weighted by molar-refractivity contribution is 0.446. The van der Waals surface area contributed by atoms with Crippen LogP contribution in [0.15, 0.2) is 29.5 Å². The second-order valence-electron chi connectivity index (χ2n) is 6.18. The first-order valence-corrected chi connectivity index (χ1v) is 8.68. The van der Waals surface area contributed by atoms with E-state index < -0.39 is 0 Å². The van der Waals surface area contributed by atoms with E-state index in [4.69, 9.17) is 11.6 Å². The van der Waals surface area contributed by atoms with E-state index in [0.717, 1.165) is 18.2 Å². The minimum atomic E-state index is -0.247. The molecule has 0 amide bonds. The molecule has 3 rings (SSSR count). The summed E-state index contributed by atoms with van der Waals surface area (Å²) in [5.74, 6) is 1.44. The van der Waals surface area contributed by atoms with Crippen molar-refractivity contribution in [2.45, 2.75) is 31.8 Å². The predicted molar refractivity (Wildman–Crippen MR) is 96.1 cm³/mol. The van der Waals surface area contributed by atoms with Crippen molar-refractivity contribution in [2.75, 3.05) is 13.6 Å². The maximum absolute atomic E-state index is 14.1. The van der Waals surface area contributed by atoms with Crippen LogP contribution in [0.2, 0.25) is 5.02 Å². The Morgan fingerprint density at radius 2 is 2.32 bits per heavy atom. The zero-order valence-electron chi connectivity index (χ0n) is 14.6. The van der Waals surface area contributed by atoms with Crippen molar-refractivity contribution in [3.8, 4) is 0 Å². The van der Waals surface area contributed by atoms with Gasteiger partial charge in [-0.25, -0.2) is 9.37 Å². The summed E-state index contributed by atoms with van der Waals surface area (Å²) in [6, 6.07) is 4.95. The van der Waals surface area contributed by atoms with Gasteiger partial charge in [-0.3, -0.25) is 9.67 Å². The van der Waals surface area contributed by atoms with Gasteiger partial charge in [0.15, 0.2) is 5.96 Å². The molecule has 0 saturated heterocycles. The van der Waals surface area contributed by atoms with Crippen molar-refractivity contribution in [3.63, 3.8) is 0 Å². The fourth-order valence-corrected chi connectivity index (χ4v) is 3.18. The van der Waals surface area contributed by atoms with E-state index in [-0.39, 0.29) is 17.8 Å². The summed E-state index contributed by atoms with van der Waals surface area (Å²) >= 11 is 6.18. The highest BCUT2D eigenvalue weighted by Gasteiger charge is 2.42. The maximum atomic E-state index is 14.1. The van der Waals surface area contributed by atoms with Crippen LogP contribution >= 0.6 is 11.6 Å². The minimum absolute atomic E-state index is 0.0685. The summed E-state index contributed by atoms with van der Waals surface area (Å²) in [7, 11) is 3.81. The normalized spacial score (nSPS) is 19.8. The van der Waals surface area contributed by atoms with Crippen LogP contribution in [0.5, 0.6) is 0 Å². The van der Waals surface area contributed by atoms with Crippen LogP contribution < -0.4 is 5.32 Å². The van der Waals surface area contributed by atoms with Gasteiger partial charge < -0.3 is 10.2 Å². The smallest absolute Gasteiger partial charge is 0.194 e. The van der Waals surface area contributed by atoms with Gasteiger partial charge in [0.25, 0.3) is 0 Å². The first kappa shape index (κ1) is 17.7. The van der Waals surface area contributed by atoms with E-state index in [1.165, 1.54) is 12.4 Å². The second-order valence-corrected chi connectivity index (χ2v) is 6.59. The van der Waals surface area contributed by atoms with E-state index in [1.807, 2.05) is 25.9 Å². The Labute approximate surface area is 151 Å². The molecular formula is C17H22ClFN6. The highest BCUT2D eigenvalue weighted by Crippen LogP contribution is 2.44. The Kier molecular flexibility index (Phi) is 5.22. The molecule has 1 heterocycles. The first-order valence-electron chi connectivity index (χ1n) is 8.30. The first-order chi connectivity index (χ1) is 12.0. The number of nitrogens with one attached hydrogen (secondary N) is 1. The number of aliphatic imine (C=N–C) groups is 1. The molecule has 0 radical (unpaired) electrons. The largest absolute Gasteiger partial charge is 0.353 e. The number of hydrogen-bond acceptors (Lipinski definition) is 3. The molecule has 2 atom stereocenters. The number of rotatable bonds is 5. The topological polar surface area (TPSA) is 58.3 Å². The van der Waals surface area contributed by atoms with Crippen LogP contribution in [0.1, 0.15) is 30.7 Å². The average Bonchev–Trinajstić information content (AvgIpc) is 3.20. The Hall–Kier alpha value is -2.15. The van der Waals surface area contributed by atoms with E-state index in [1.54, 1.807) is 16.8 Å². The van der Waals surface area contributed by atoms with E-state index >= 15 is 0 Å². The number of nitrogens with zero attached hydrogens (tertiary/aromatic N) is 5. The van der Waals surface area contributed by atoms with E-state index in [2.05, 4.69) is 20.4 Å². The molecular weight excluding hydrogens is 343 g/mol. The third-order valence-corrected chi connectivity index (χ3v) is 4.66. The third-order valence-electron chi connectivity index (χ3n) is 4.33. The average molecular weight is 365 g/mol. The molecule has 0 bridgehead atoms. The number of aromatic nitrogens is 3. The highest BCUT2D eigenvalue weighted by molar-refractivity contribution is 6.31. The van der Waals surface area contributed by atoms with Crippen LogP contribution in [0.3, 0.4) is 0 Å². The lowest BCUT2D eigenvalue weighted by Crippen LogP contribution is -2.40. The Bertz CT molecular complexity index is 754. The number of hydrogen-bond donors (Lipinski definition) is 1. The van der Waals surface area contributed by atoms with Crippen molar-refractivity contribution >= 4 is 17.6 Å². The summed E-state index contributed by atoms with van der Waals surface area (Å²) in [6.45, 7) is 3.22. The summed E-state index contributed by atoms with van der Waals surface area (Å²) < 4.78 is 15.8. The molecule has 25 heavy (non-hydrogen) atoms. The van der Waals surface area contributed by atoms with Crippen LogP contribution in [-0.4, -0.2) is 45.3 Å². The Balaban J connectivity index is 1.67. The monoisotopic (exact) mass is 364 g/mol. The molecule has 0 aliphatic heterocycles. The molecule has 6 nitrogen and oxygen atoms in total. The van der Waals surface area contributed by atoms with Gasteiger partial charge in [-0.2, -0.15) is 5.10 Å². The quantitative estimate of drug-likeness (QED) is 0.654. The molecule has 134 valence electrons. The van der Waals surface area contributed by atoms with Crippen LogP contribution in [0.25, 0.3) is 0 Å². The summed E-state index contributed by atoms with van der Waals surface area (Å²) in [5, 5.41) is 7.98. The van der Waals surface area contributed by atoms with Crippen molar-refractivity contribution < 1.29 is 4.39 Å². The lowest BCUT2D eigenvalue weighted by atomic mass is 10.1. The standard InChI is InChI=1S/C17H22ClFN6/c1-4-20-17(24(2)9-15-21-10-22-25(15)3)23-14-8-11(14)16-12(18)6-5-7-13(16)19/h5-7,10-11,14H,4,8-9H2,1-3H3,(H,20,23). The molecule has 1 fully saturated rings. The SMILES string of the molecule is CCN=C(NC1CC1c1c(F)cccc1Cl)N(C)Cc1ncnn1C. The fourth-order valence-electron chi connectivity index (χ4n) is 2.88. The zero-order chi connectivity index (χ0) is 18.0. The van der Waals surface area contributed by atoms with Crippen LogP contribution in [0, 0.1) is 5.82 Å². The molecule has 1 N–H and O–H groups in total. The maximum Gasteiger partial charge on any atom is 0.194 e. The lowest BCUT2D eigenvalue weighted by Gasteiger charge is -2.22. The number of halogens is 2. The zero-order valence-corrected chi connectivity index (χ0v) is 15.3. The molecule has 2 unspecified atom stereocenters. The van der Waals surface area contributed by atoms with Gasteiger partial charge in [0.1, 0.15) is 18.0 Å². The minimum Gasteiger partial charge on any atom is -0.353 e. The van der Waals surface area contributed by atoms with Crippen molar-refractivity contribution in [1.82, 2.24) is 25.0 Å². The van der Waals surface area contributed by atoms with Gasteiger partial charge in [-0.15, -0.1) is 0 Å². The molecule has 0 spiro atoms. The number of guanidine groups is 1. The second kappa shape index (κ2) is 7.39. The molecule has 1 aromatic heterocycles. The highest BCUT2D eigenvalue weighted by atomic mass is 35.5. The Morgan fingerprint density at radius 3 is 2.96 bits per heavy atom. The summed E-state index contributed by atoms with van der Waals surface area (Å²) in [4.78, 5) is 10.8.